The van der Waals surface area contributed by atoms with Gasteiger partial charge in [-0.3, -0.25) is 24.8 Å². The molecule has 0 saturated heterocycles. The number of furan rings is 1. The van der Waals surface area contributed by atoms with E-state index in [9.17, 15) is 4.79 Å². The maximum Gasteiger partial charge on any atom is 0.228 e. The molecule has 0 unspecified atom stereocenters. The Labute approximate surface area is 221 Å². The largest absolute Gasteiger partial charge is 0.472 e. The summed E-state index contributed by atoms with van der Waals surface area (Å²) in [5.41, 5.74) is 7.73. The average molecular weight is 513 g/mol. The van der Waals surface area contributed by atoms with Crippen LogP contribution in [0.1, 0.15) is 5.56 Å². The van der Waals surface area contributed by atoms with Crippen LogP contribution < -0.4 is 5.32 Å². The molecule has 0 saturated carbocycles. The molecule has 0 radical (unpaired) electrons. The fraction of sp³-hybridized carbons (Fsp3) is 0.0345. The second-order valence-corrected chi connectivity index (χ2v) is 9.04. The molecule has 0 aliphatic heterocycles. The number of carbonyl (C=O) groups excluding carboxylic acids is 1. The van der Waals surface area contributed by atoms with Gasteiger partial charge in [0.2, 0.25) is 5.91 Å². The quantitative estimate of drug-likeness (QED) is 0.271. The van der Waals surface area contributed by atoms with Crippen LogP contribution >= 0.6 is 0 Å². The second kappa shape index (κ2) is 9.34. The molecule has 188 valence electrons. The first-order valence-electron chi connectivity index (χ1n) is 12.2. The van der Waals surface area contributed by atoms with E-state index < -0.39 is 0 Å². The van der Waals surface area contributed by atoms with Gasteiger partial charge in [0, 0.05) is 34.5 Å². The van der Waals surface area contributed by atoms with Crippen LogP contribution in [0, 0.1) is 0 Å². The molecule has 10 nitrogen and oxygen atoms in total. The zero-order valence-corrected chi connectivity index (χ0v) is 20.4. The number of hydrogen-bond donors (Lipinski definition) is 3. The van der Waals surface area contributed by atoms with Crippen LogP contribution in [0.25, 0.3) is 55.8 Å². The lowest BCUT2D eigenvalue weighted by Gasteiger charge is -2.07. The minimum atomic E-state index is -0.116. The van der Waals surface area contributed by atoms with Crippen molar-refractivity contribution < 1.29 is 9.21 Å². The standard InChI is InChI=1S/C29H20N8O2/c38-26(8-17-4-2-1-3-5-17)33-20-9-19(11-30-12-20)23-10-21-24(15-32-23)36-37-28(21)29-34-25-14-31-13-22(27(25)35-29)18-6-7-39-16-18/h1-7,9-16H,8H2,(H,33,38)(H,34,35)(H,36,37). The number of nitrogens with one attached hydrogen (secondary N) is 3. The second-order valence-electron chi connectivity index (χ2n) is 9.04. The molecule has 0 aliphatic rings. The number of imidazole rings is 1. The summed E-state index contributed by atoms with van der Waals surface area (Å²) in [7, 11) is 0. The van der Waals surface area contributed by atoms with Crippen molar-refractivity contribution in [2.45, 2.75) is 6.42 Å². The third kappa shape index (κ3) is 4.29. The minimum Gasteiger partial charge on any atom is -0.472 e. The Bertz CT molecular complexity index is 1940. The van der Waals surface area contributed by atoms with Crippen LogP contribution in [0.2, 0.25) is 0 Å². The Hall–Kier alpha value is -5.64. The molecule has 0 fully saturated rings. The van der Waals surface area contributed by atoms with Gasteiger partial charge in [-0.1, -0.05) is 30.3 Å². The molecule has 0 bridgehead atoms. The van der Waals surface area contributed by atoms with Gasteiger partial charge >= 0.3 is 0 Å². The number of fused-ring (bicyclic) bond motifs is 2. The summed E-state index contributed by atoms with van der Waals surface area (Å²) in [6, 6.07) is 15.3. The number of H-pyrrole nitrogens is 2. The van der Waals surface area contributed by atoms with Crippen molar-refractivity contribution in [2.24, 2.45) is 0 Å². The van der Waals surface area contributed by atoms with Crippen molar-refractivity contribution in [3.63, 3.8) is 0 Å². The molecule has 0 atom stereocenters. The van der Waals surface area contributed by atoms with Crippen LogP contribution in [-0.2, 0) is 11.2 Å². The van der Waals surface area contributed by atoms with Gasteiger partial charge in [-0.2, -0.15) is 5.10 Å². The van der Waals surface area contributed by atoms with Gasteiger partial charge in [0.25, 0.3) is 0 Å². The zero-order chi connectivity index (χ0) is 26.2. The number of anilines is 1. The lowest BCUT2D eigenvalue weighted by Crippen LogP contribution is -2.14. The van der Waals surface area contributed by atoms with Crippen LogP contribution in [0.15, 0.2) is 96.5 Å². The summed E-state index contributed by atoms with van der Waals surface area (Å²) in [4.78, 5) is 34.0. The molecule has 7 rings (SSSR count). The predicted molar refractivity (Wildman–Crippen MR) is 146 cm³/mol. The van der Waals surface area contributed by atoms with Gasteiger partial charge in [0.05, 0.1) is 60.0 Å². The first kappa shape index (κ1) is 22.5. The van der Waals surface area contributed by atoms with E-state index in [-0.39, 0.29) is 12.3 Å². The summed E-state index contributed by atoms with van der Waals surface area (Å²) < 4.78 is 5.25. The fourth-order valence-corrected chi connectivity index (χ4v) is 4.56. The van der Waals surface area contributed by atoms with Crippen molar-refractivity contribution in [3.05, 3.63) is 97.6 Å². The summed E-state index contributed by atoms with van der Waals surface area (Å²) in [6.45, 7) is 0. The summed E-state index contributed by atoms with van der Waals surface area (Å²) in [5, 5.41) is 11.3. The van der Waals surface area contributed by atoms with E-state index in [1.54, 1.807) is 43.5 Å². The molecule has 0 spiro atoms. The van der Waals surface area contributed by atoms with Gasteiger partial charge in [0.1, 0.15) is 11.2 Å². The number of aromatic nitrogens is 7. The van der Waals surface area contributed by atoms with Gasteiger partial charge in [-0.05, 0) is 23.8 Å². The molecule has 1 aromatic carbocycles. The Morgan fingerprint density at radius 2 is 1.82 bits per heavy atom. The van der Waals surface area contributed by atoms with Crippen molar-refractivity contribution in [2.75, 3.05) is 5.32 Å². The highest BCUT2D eigenvalue weighted by molar-refractivity contribution is 5.97. The lowest BCUT2D eigenvalue weighted by atomic mass is 10.1. The Morgan fingerprint density at radius 3 is 2.69 bits per heavy atom. The first-order valence-corrected chi connectivity index (χ1v) is 12.2. The Balaban J connectivity index is 1.21. The molecule has 1 amide bonds. The summed E-state index contributed by atoms with van der Waals surface area (Å²) in [5.74, 6) is 0.487. The number of pyridine rings is 3. The molecular weight excluding hydrogens is 492 g/mol. The van der Waals surface area contributed by atoms with Gasteiger partial charge in [0.15, 0.2) is 5.82 Å². The number of hydrogen-bond acceptors (Lipinski definition) is 7. The lowest BCUT2D eigenvalue weighted by molar-refractivity contribution is -0.115. The Kier molecular flexibility index (Phi) is 5.40. The number of aromatic amines is 2. The topological polar surface area (TPSA) is 138 Å². The third-order valence-electron chi connectivity index (χ3n) is 6.42. The van der Waals surface area contributed by atoms with Crippen LogP contribution in [0.3, 0.4) is 0 Å². The van der Waals surface area contributed by atoms with Gasteiger partial charge < -0.3 is 14.7 Å². The fourth-order valence-electron chi connectivity index (χ4n) is 4.56. The van der Waals surface area contributed by atoms with Crippen molar-refractivity contribution in [3.8, 4) is 33.9 Å². The monoisotopic (exact) mass is 512 g/mol. The number of rotatable bonds is 6. The molecule has 6 heterocycles. The highest BCUT2D eigenvalue weighted by atomic mass is 16.3. The molecule has 39 heavy (non-hydrogen) atoms. The predicted octanol–water partition coefficient (Wildman–Crippen LogP) is 5.40. The zero-order valence-electron chi connectivity index (χ0n) is 20.4. The Morgan fingerprint density at radius 1 is 0.923 bits per heavy atom. The van der Waals surface area contributed by atoms with Gasteiger partial charge in [-0.15, -0.1) is 0 Å². The van der Waals surface area contributed by atoms with E-state index in [0.717, 1.165) is 44.2 Å². The number of nitrogens with zero attached hydrogens (tertiary/aromatic N) is 5. The molecule has 10 heteroatoms. The molecular formula is C29H20N8O2. The highest BCUT2D eigenvalue weighted by Gasteiger charge is 2.17. The van der Waals surface area contributed by atoms with Crippen LogP contribution in [0.4, 0.5) is 5.69 Å². The summed E-state index contributed by atoms with van der Waals surface area (Å²) >= 11 is 0. The normalized spacial score (nSPS) is 11.3. The molecule has 6 aromatic heterocycles. The SMILES string of the molecule is O=C(Cc1ccccc1)Nc1cncc(-c2cc3c(-c4nc5c(-c6ccoc6)cncc5[nH]4)n[nH]c3cn2)c1. The van der Waals surface area contributed by atoms with E-state index in [1.165, 1.54) is 0 Å². The van der Waals surface area contributed by atoms with E-state index in [4.69, 9.17) is 9.40 Å². The highest BCUT2D eigenvalue weighted by Crippen LogP contribution is 2.32. The smallest absolute Gasteiger partial charge is 0.228 e. The third-order valence-corrected chi connectivity index (χ3v) is 6.42. The van der Waals surface area contributed by atoms with Crippen LogP contribution in [0.5, 0.6) is 0 Å². The maximum absolute atomic E-state index is 12.6. The number of carbonyl (C=O) groups is 1. The number of amides is 1. The van der Waals surface area contributed by atoms with Gasteiger partial charge in [-0.25, -0.2) is 4.98 Å². The molecule has 0 aliphatic carbocycles. The van der Waals surface area contributed by atoms with Crippen LogP contribution in [-0.4, -0.2) is 41.0 Å². The van der Waals surface area contributed by atoms with E-state index >= 15 is 0 Å². The maximum atomic E-state index is 12.6. The molecule has 7 aromatic rings. The first-order chi connectivity index (χ1) is 19.2. The van der Waals surface area contributed by atoms with Crippen molar-refractivity contribution in [1.82, 2.24) is 35.1 Å². The molecule has 3 N–H and O–H groups in total. The van der Waals surface area contributed by atoms with E-state index in [0.29, 0.717) is 22.9 Å². The minimum absolute atomic E-state index is 0.116. The average Bonchev–Trinajstić information content (AvgIpc) is 3.73. The van der Waals surface area contributed by atoms with E-state index in [2.05, 4.69) is 35.5 Å². The van der Waals surface area contributed by atoms with Crippen molar-refractivity contribution in [1.29, 1.82) is 0 Å². The summed E-state index contributed by atoms with van der Waals surface area (Å²) in [6.07, 6.45) is 12.1. The number of benzene rings is 1. The van der Waals surface area contributed by atoms with Crippen molar-refractivity contribution >= 4 is 33.5 Å². The van der Waals surface area contributed by atoms with E-state index in [1.807, 2.05) is 48.5 Å².